The summed E-state index contributed by atoms with van der Waals surface area (Å²) < 4.78 is 5.17. The van der Waals surface area contributed by atoms with E-state index in [0.29, 0.717) is 19.1 Å². The number of likely N-dealkylation sites (N-methyl/N-ethyl adjacent to an activating group) is 1. The minimum atomic E-state index is -0.477. The van der Waals surface area contributed by atoms with Gasteiger partial charge in [-0.05, 0) is 40.8 Å². The molecule has 0 aliphatic carbocycles. The molecular formula is C16H36IN5O2. The number of halogens is 1. The molecule has 0 aromatic heterocycles. The number of aliphatic imine (C=N–C) groups is 1. The SMILES string of the molecule is CCN(CC)C(C)CNC(=NC)NCCNC(=O)OC(C)(C)C.I. The van der Waals surface area contributed by atoms with Gasteiger partial charge < -0.3 is 20.7 Å². The van der Waals surface area contributed by atoms with Crippen molar-refractivity contribution in [3.8, 4) is 0 Å². The van der Waals surface area contributed by atoms with Crippen LogP contribution in [-0.2, 0) is 4.74 Å². The number of nitrogens with one attached hydrogen (secondary N) is 3. The molecule has 1 unspecified atom stereocenters. The minimum Gasteiger partial charge on any atom is -0.444 e. The molecule has 0 bridgehead atoms. The normalized spacial score (nSPS) is 13.1. The summed E-state index contributed by atoms with van der Waals surface area (Å²) >= 11 is 0. The van der Waals surface area contributed by atoms with Crippen molar-refractivity contribution in [2.45, 2.75) is 53.2 Å². The Morgan fingerprint density at radius 3 is 2.12 bits per heavy atom. The first-order valence-electron chi connectivity index (χ1n) is 8.38. The Morgan fingerprint density at radius 2 is 1.67 bits per heavy atom. The van der Waals surface area contributed by atoms with Gasteiger partial charge in [-0.2, -0.15) is 0 Å². The van der Waals surface area contributed by atoms with E-state index >= 15 is 0 Å². The highest BCUT2D eigenvalue weighted by Gasteiger charge is 2.15. The van der Waals surface area contributed by atoms with Crippen molar-refractivity contribution in [2.24, 2.45) is 4.99 Å². The predicted molar refractivity (Wildman–Crippen MR) is 111 cm³/mol. The molecule has 0 heterocycles. The second-order valence-corrected chi connectivity index (χ2v) is 6.38. The summed E-state index contributed by atoms with van der Waals surface area (Å²) in [6.07, 6.45) is -0.405. The maximum Gasteiger partial charge on any atom is 0.407 e. The van der Waals surface area contributed by atoms with Gasteiger partial charge in [0.1, 0.15) is 5.60 Å². The Bertz CT molecular complexity index is 368. The van der Waals surface area contributed by atoms with E-state index in [1.165, 1.54) is 0 Å². The van der Waals surface area contributed by atoms with Crippen molar-refractivity contribution in [3.05, 3.63) is 0 Å². The van der Waals surface area contributed by atoms with Crippen LogP contribution in [0.1, 0.15) is 41.5 Å². The number of rotatable bonds is 8. The molecule has 144 valence electrons. The Balaban J connectivity index is 0. The molecular weight excluding hydrogens is 421 g/mol. The van der Waals surface area contributed by atoms with Gasteiger partial charge in [0.2, 0.25) is 0 Å². The molecule has 0 saturated carbocycles. The highest BCUT2D eigenvalue weighted by molar-refractivity contribution is 14.0. The largest absolute Gasteiger partial charge is 0.444 e. The van der Waals surface area contributed by atoms with E-state index in [1.807, 2.05) is 20.8 Å². The summed E-state index contributed by atoms with van der Waals surface area (Å²) in [4.78, 5) is 18.1. The molecule has 1 amide bonds. The maximum atomic E-state index is 11.5. The number of hydrogen-bond donors (Lipinski definition) is 3. The third-order valence-electron chi connectivity index (χ3n) is 3.31. The van der Waals surface area contributed by atoms with E-state index in [9.17, 15) is 4.79 Å². The van der Waals surface area contributed by atoms with Crippen LogP contribution in [-0.4, -0.2) is 68.4 Å². The van der Waals surface area contributed by atoms with Crippen LogP contribution in [0.25, 0.3) is 0 Å². The number of nitrogens with zero attached hydrogens (tertiary/aromatic N) is 2. The number of hydrogen-bond acceptors (Lipinski definition) is 4. The number of carbonyl (C=O) groups excluding carboxylic acids is 1. The second-order valence-electron chi connectivity index (χ2n) is 6.38. The number of guanidine groups is 1. The van der Waals surface area contributed by atoms with Crippen molar-refractivity contribution in [1.29, 1.82) is 0 Å². The van der Waals surface area contributed by atoms with Crippen LogP contribution in [0.2, 0.25) is 0 Å². The zero-order valence-electron chi connectivity index (χ0n) is 16.2. The van der Waals surface area contributed by atoms with Crippen LogP contribution in [0.4, 0.5) is 4.79 Å². The fourth-order valence-electron chi connectivity index (χ4n) is 2.10. The molecule has 0 aromatic rings. The number of carbonyl (C=O) groups is 1. The predicted octanol–water partition coefficient (Wildman–Crippen LogP) is 2.02. The van der Waals surface area contributed by atoms with Gasteiger partial charge >= 0.3 is 6.09 Å². The topological polar surface area (TPSA) is 78.0 Å². The molecule has 1 atom stereocenters. The van der Waals surface area contributed by atoms with E-state index in [2.05, 4.69) is 46.6 Å². The first-order chi connectivity index (χ1) is 10.7. The van der Waals surface area contributed by atoms with Gasteiger partial charge in [0.15, 0.2) is 5.96 Å². The lowest BCUT2D eigenvalue weighted by atomic mass is 10.2. The molecule has 0 fully saturated rings. The second kappa shape index (κ2) is 13.5. The quantitative estimate of drug-likeness (QED) is 0.225. The summed E-state index contributed by atoms with van der Waals surface area (Å²) in [7, 11) is 1.73. The molecule has 0 aliphatic heterocycles. The lowest BCUT2D eigenvalue weighted by molar-refractivity contribution is 0.0529. The van der Waals surface area contributed by atoms with E-state index in [0.717, 1.165) is 25.6 Å². The molecule has 8 heteroatoms. The standard InChI is InChI=1S/C16H35N5O2.HI/c1-8-21(9-2)13(3)12-20-14(17-7)18-10-11-19-15(22)23-16(4,5)6;/h13H,8-12H2,1-7H3,(H,19,22)(H2,17,18,20);1H. The van der Waals surface area contributed by atoms with Gasteiger partial charge in [-0.1, -0.05) is 13.8 Å². The van der Waals surface area contributed by atoms with E-state index in [-0.39, 0.29) is 24.0 Å². The molecule has 0 aromatic carbocycles. The van der Waals surface area contributed by atoms with Crippen molar-refractivity contribution in [2.75, 3.05) is 39.8 Å². The minimum absolute atomic E-state index is 0. The Kier molecular flexibility index (Phi) is 14.3. The third kappa shape index (κ3) is 12.6. The van der Waals surface area contributed by atoms with Gasteiger partial charge in [0, 0.05) is 32.7 Å². The Morgan fingerprint density at radius 1 is 1.12 bits per heavy atom. The molecule has 0 spiro atoms. The zero-order chi connectivity index (χ0) is 17.9. The lowest BCUT2D eigenvalue weighted by Crippen LogP contribution is -2.47. The number of ether oxygens (including phenoxy) is 1. The first-order valence-corrected chi connectivity index (χ1v) is 8.38. The van der Waals surface area contributed by atoms with Gasteiger partial charge in [0.25, 0.3) is 0 Å². The van der Waals surface area contributed by atoms with E-state index in [1.54, 1.807) is 7.05 Å². The molecule has 0 saturated heterocycles. The van der Waals surface area contributed by atoms with Gasteiger partial charge in [-0.15, -0.1) is 24.0 Å². The van der Waals surface area contributed by atoms with Crippen molar-refractivity contribution in [3.63, 3.8) is 0 Å². The third-order valence-corrected chi connectivity index (χ3v) is 3.31. The number of amides is 1. The van der Waals surface area contributed by atoms with Crippen LogP contribution in [0.15, 0.2) is 4.99 Å². The fourth-order valence-corrected chi connectivity index (χ4v) is 2.10. The average Bonchev–Trinajstić information content (AvgIpc) is 2.46. The fraction of sp³-hybridized carbons (Fsp3) is 0.875. The van der Waals surface area contributed by atoms with Crippen molar-refractivity contribution < 1.29 is 9.53 Å². The highest BCUT2D eigenvalue weighted by atomic mass is 127. The zero-order valence-corrected chi connectivity index (χ0v) is 18.6. The summed E-state index contributed by atoms with van der Waals surface area (Å²) in [5.41, 5.74) is -0.477. The molecule has 7 nitrogen and oxygen atoms in total. The van der Waals surface area contributed by atoms with Crippen LogP contribution in [0.3, 0.4) is 0 Å². The van der Waals surface area contributed by atoms with Crippen molar-refractivity contribution >= 4 is 36.0 Å². The van der Waals surface area contributed by atoms with E-state index in [4.69, 9.17) is 4.74 Å². The highest BCUT2D eigenvalue weighted by Crippen LogP contribution is 2.05. The molecule has 0 rings (SSSR count). The van der Waals surface area contributed by atoms with E-state index < -0.39 is 11.7 Å². The summed E-state index contributed by atoms with van der Waals surface area (Å²) in [5, 5.41) is 9.17. The Hall–Kier alpha value is -0.770. The Labute approximate surface area is 164 Å². The first kappa shape index (κ1) is 25.5. The number of alkyl carbamates (subject to hydrolysis) is 1. The molecule has 3 N–H and O–H groups in total. The average molecular weight is 457 g/mol. The smallest absolute Gasteiger partial charge is 0.407 e. The van der Waals surface area contributed by atoms with Gasteiger partial charge in [0.05, 0.1) is 0 Å². The van der Waals surface area contributed by atoms with Crippen LogP contribution >= 0.6 is 24.0 Å². The summed E-state index contributed by atoms with van der Waals surface area (Å²) in [6.45, 7) is 16.0. The molecule has 0 aliphatic rings. The van der Waals surface area contributed by atoms with Crippen LogP contribution in [0, 0.1) is 0 Å². The maximum absolute atomic E-state index is 11.5. The lowest BCUT2D eigenvalue weighted by Gasteiger charge is -2.27. The van der Waals surface area contributed by atoms with Crippen LogP contribution < -0.4 is 16.0 Å². The van der Waals surface area contributed by atoms with Gasteiger partial charge in [-0.25, -0.2) is 4.79 Å². The monoisotopic (exact) mass is 457 g/mol. The summed E-state index contributed by atoms with van der Waals surface area (Å²) in [6, 6.07) is 0.434. The molecule has 0 radical (unpaired) electrons. The van der Waals surface area contributed by atoms with Gasteiger partial charge in [-0.3, -0.25) is 9.89 Å². The molecule has 24 heavy (non-hydrogen) atoms. The summed E-state index contributed by atoms with van der Waals surface area (Å²) in [5.74, 6) is 0.731. The van der Waals surface area contributed by atoms with Crippen molar-refractivity contribution in [1.82, 2.24) is 20.9 Å². The van der Waals surface area contributed by atoms with Crippen LogP contribution in [0.5, 0.6) is 0 Å².